The molecule has 0 aliphatic rings. The normalized spacial score (nSPS) is 11.7. The topological polar surface area (TPSA) is 16.4 Å². The van der Waals surface area contributed by atoms with Gasteiger partial charge >= 0.3 is 0 Å². The smallest absolute Gasteiger partial charge is 0.143 e. The van der Waals surface area contributed by atoms with Crippen molar-refractivity contribution in [2.45, 2.75) is 13.8 Å². The number of rotatable bonds is 7. The molecule has 298 valence electrons. The van der Waals surface area contributed by atoms with Crippen LogP contribution in [0.4, 0.5) is 17.1 Å². The fourth-order valence-corrected chi connectivity index (χ4v) is 10.9. The van der Waals surface area contributed by atoms with Gasteiger partial charge in [-0.05, 0) is 129 Å². The Balaban J connectivity index is 0.983. The molecule has 0 radical (unpaired) electrons. The van der Waals surface area contributed by atoms with Crippen molar-refractivity contribution in [3.8, 4) is 44.7 Å². The van der Waals surface area contributed by atoms with Crippen molar-refractivity contribution >= 4 is 81.8 Å². The zero-order valence-electron chi connectivity index (χ0n) is 35.0. The molecule has 0 saturated carbocycles. The number of hydrogen-bond donors (Lipinski definition) is 0. The highest BCUT2D eigenvalue weighted by molar-refractivity contribution is 7.19. The van der Waals surface area contributed by atoms with E-state index in [0.717, 1.165) is 61.6 Å². The minimum absolute atomic E-state index is 0.871. The molecule has 0 aliphatic heterocycles. The second-order valence-corrected chi connectivity index (χ2v) is 17.8. The van der Waals surface area contributed by atoms with E-state index in [2.05, 4.69) is 225 Å². The Morgan fingerprint density at radius 1 is 0.349 bits per heavy atom. The minimum Gasteiger partial charge on any atom is -0.455 e. The van der Waals surface area contributed by atoms with Gasteiger partial charge in [0.15, 0.2) is 0 Å². The Kier molecular flexibility index (Phi) is 8.84. The van der Waals surface area contributed by atoms with Crippen LogP contribution < -0.4 is 4.90 Å². The van der Waals surface area contributed by atoms with Crippen molar-refractivity contribution in [2.75, 3.05) is 4.90 Å². The number of aryl methyl sites for hydroxylation is 2. The van der Waals surface area contributed by atoms with Crippen LogP contribution in [-0.2, 0) is 0 Å². The summed E-state index contributed by atoms with van der Waals surface area (Å²) in [6, 6.07) is 77.1. The summed E-state index contributed by atoms with van der Waals surface area (Å²) < 4.78 is 8.07. The molecule has 0 fully saturated rings. The van der Waals surface area contributed by atoms with E-state index in [9.17, 15) is 0 Å². The molecule has 2 heterocycles. The molecular formula is C60H41NOS. The number of fused-ring (bicyclic) bond motifs is 8. The van der Waals surface area contributed by atoms with E-state index >= 15 is 0 Å². The van der Waals surface area contributed by atoms with Crippen molar-refractivity contribution < 1.29 is 4.42 Å². The van der Waals surface area contributed by atoms with Gasteiger partial charge in [-0.25, -0.2) is 0 Å². The number of benzene rings is 10. The third-order valence-electron chi connectivity index (χ3n) is 12.7. The van der Waals surface area contributed by atoms with E-state index in [-0.39, 0.29) is 0 Å². The van der Waals surface area contributed by atoms with Crippen LogP contribution in [0.25, 0.3) is 98.1 Å². The van der Waals surface area contributed by atoms with Crippen LogP contribution in [0.5, 0.6) is 0 Å². The van der Waals surface area contributed by atoms with Gasteiger partial charge in [0.25, 0.3) is 0 Å². The third-order valence-corrected chi connectivity index (χ3v) is 13.7. The molecule has 0 bridgehead atoms. The van der Waals surface area contributed by atoms with E-state index in [1.165, 1.54) is 64.0 Å². The standard InChI is InChI=1S/C60H41NOS/c1-38-21-32-54-57(35-38)63-39(2)58(54)42-24-29-46(30-25-42)61(47-31-34-52-50-19-10-9-17-48(50)49-18-11-12-20-51(49)55(52)37-47)45-27-22-40(23-28-45)44-26-33-53-56(36-44)62-60(43-15-7-4-8-16-43)59(53)41-13-5-3-6-14-41/h3-37H,1-2H3. The van der Waals surface area contributed by atoms with E-state index in [1.807, 2.05) is 17.4 Å². The van der Waals surface area contributed by atoms with Gasteiger partial charge in [0.1, 0.15) is 11.3 Å². The van der Waals surface area contributed by atoms with Crippen LogP contribution in [-0.4, -0.2) is 0 Å². The maximum Gasteiger partial charge on any atom is 0.143 e. The average Bonchev–Trinajstić information content (AvgIpc) is 3.89. The molecular weight excluding hydrogens is 783 g/mol. The highest BCUT2D eigenvalue weighted by Crippen LogP contribution is 2.45. The van der Waals surface area contributed by atoms with Crippen LogP contribution in [0.1, 0.15) is 10.4 Å². The van der Waals surface area contributed by atoms with E-state index < -0.39 is 0 Å². The molecule has 0 atom stereocenters. The van der Waals surface area contributed by atoms with Crippen LogP contribution in [0, 0.1) is 13.8 Å². The van der Waals surface area contributed by atoms with Gasteiger partial charge in [-0.2, -0.15) is 0 Å². The number of anilines is 3. The SMILES string of the molecule is Cc1ccc2c(-c3ccc(N(c4ccc(-c5ccc6c(-c7ccccc7)c(-c7ccccc7)oc6c5)cc4)c4ccc5c6ccccc6c6ccccc6c5c4)cc3)c(C)sc2c1. The summed E-state index contributed by atoms with van der Waals surface area (Å²) in [7, 11) is 0. The van der Waals surface area contributed by atoms with Crippen molar-refractivity contribution in [1.82, 2.24) is 0 Å². The quantitative estimate of drug-likeness (QED) is 0.149. The molecule has 0 spiro atoms. The average molecular weight is 824 g/mol. The van der Waals surface area contributed by atoms with Crippen molar-refractivity contribution in [2.24, 2.45) is 0 Å². The molecule has 0 unspecified atom stereocenters. The van der Waals surface area contributed by atoms with Crippen LogP contribution in [0.3, 0.4) is 0 Å². The first kappa shape index (κ1) is 37.1. The summed E-state index contributed by atoms with van der Waals surface area (Å²) in [5.41, 5.74) is 13.6. The molecule has 0 N–H and O–H groups in total. The van der Waals surface area contributed by atoms with Crippen molar-refractivity contribution in [3.63, 3.8) is 0 Å². The summed E-state index contributed by atoms with van der Waals surface area (Å²) >= 11 is 1.88. The zero-order chi connectivity index (χ0) is 42.0. The van der Waals surface area contributed by atoms with E-state index in [1.54, 1.807) is 0 Å². The van der Waals surface area contributed by atoms with Crippen LogP contribution >= 0.6 is 11.3 Å². The third kappa shape index (κ3) is 6.31. The van der Waals surface area contributed by atoms with Gasteiger partial charge in [-0.3, -0.25) is 0 Å². The zero-order valence-corrected chi connectivity index (χ0v) is 35.8. The van der Waals surface area contributed by atoms with Crippen molar-refractivity contribution in [3.05, 3.63) is 223 Å². The van der Waals surface area contributed by atoms with Gasteiger partial charge in [0.05, 0.1) is 0 Å². The van der Waals surface area contributed by atoms with Gasteiger partial charge < -0.3 is 9.32 Å². The lowest BCUT2D eigenvalue weighted by molar-refractivity contribution is 0.632. The van der Waals surface area contributed by atoms with Gasteiger partial charge in [-0.15, -0.1) is 11.3 Å². The maximum absolute atomic E-state index is 6.74. The Morgan fingerprint density at radius 3 is 1.49 bits per heavy atom. The number of thiophene rings is 1. The molecule has 0 aliphatic carbocycles. The first-order valence-electron chi connectivity index (χ1n) is 21.6. The molecule has 2 nitrogen and oxygen atoms in total. The second kappa shape index (κ2) is 15.0. The minimum atomic E-state index is 0.871. The highest BCUT2D eigenvalue weighted by atomic mass is 32.1. The summed E-state index contributed by atoms with van der Waals surface area (Å²) in [6.07, 6.45) is 0. The summed E-state index contributed by atoms with van der Waals surface area (Å²) in [4.78, 5) is 3.73. The number of nitrogens with zero attached hydrogens (tertiary/aromatic N) is 1. The fourth-order valence-electron chi connectivity index (χ4n) is 9.71. The van der Waals surface area contributed by atoms with E-state index in [0.29, 0.717) is 0 Å². The van der Waals surface area contributed by atoms with Gasteiger partial charge in [0.2, 0.25) is 0 Å². The Hall–Kier alpha value is -7.72. The highest BCUT2D eigenvalue weighted by Gasteiger charge is 2.20. The Morgan fingerprint density at radius 2 is 0.841 bits per heavy atom. The summed E-state index contributed by atoms with van der Waals surface area (Å²) in [5.74, 6) is 0.888. The first-order valence-corrected chi connectivity index (χ1v) is 22.4. The lowest BCUT2D eigenvalue weighted by atomic mass is 9.94. The molecule has 10 aromatic carbocycles. The molecule has 3 heteroatoms. The molecule has 0 saturated heterocycles. The lowest BCUT2D eigenvalue weighted by Gasteiger charge is -2.27. The van der Waals surface area contributed by atoms with E-state index in [4.69, 9.17) is 4.42 Å². The largest absolute Gasteiger partial charge is 0.455 e. The summed E-state index contributed by atoms with van der Waals surface area (Å²) in [6.45, 7) is 4.41. The van der Waals surface area contributed by atoms with Crippen LogP contribution in [0.2, 0.25) is 0 Å². The lowest BCUT2D eigenvalue weighted by Crippen LogP contribution is -2.10. The predicted molar refractivity (Wildman–Crippen MR) is 270 cm³/mol. The molecule has 2 aromatic heterocycles. The van der Waals surface area contributed by atoms with Gasteiger partial charge in [0, 0.05) is 54.1 Å². The number of furan rings is 1. The molecule has 12 rings (SSSR count). The van der Waals surface area contributed by atoms with Crippen LogP contribution in [0.15, 0.2) is 217 Å². The molecule has 0 amide bonds. The molecule has 63 heavy (non-hydrogen) atoms. The predicted octanol–water partition coefficient (Wildman–Crippen LogP) is 17.9. The summed E-state index contributed by atoms with van der Waals surface area (Å²) in [5, 5.41) is 10.00. The monoisotopic (exact) mass is 823 g/mol. The second-order valence-electron chi connectivity index (χ2n) is 16.5. The Bertz CT molecular complexity index is 3640. The Labute approximate surface area is 370 Å². The molecule has 12 aromatic rings. The van der Waals surface area contributed by atoms with Crippen molar-refractivity contribution in [1.29, 1.82) is 0 Å². The number of hydrogen-bond acceptors (Lipinski definition) is 3. The maximum atomic E-state index is 6.74. The van der Waals surface area contributed by atoms with Gasteiger partial charge in [-0.1, -0.05) is 158 Å². The first-order chi connectivity index (χ1) is 31.1. The fraction of sp³-hybridized carbons (Fsp3) is 0.0333.